The first-order valence-electron chi connectivity index (χ1n) is 5.75. The van der Waals surface area contributed by atoms with Crippen LogP contribution >= 0.6 is 0 Å². The fraction of sp³-hybridized carbons (Fsp3) is 0.909. The molecule has 1 aliphatic rings. The SMILES string of the molecule is CCCC1C(CCC)N1C(=N)OCC. The summed E-state index contributed by atoms with van der Waals surface area (Å²) in [6, 6.07) is 1.54. The van der Waals surface area contributed by atoms with E-state index in [9.17, 15) is 0 Å². The van der Waals surface area contributed by atoms with Crippen LogP contribution in [0.3, 0.4) is 0 Å². The van der Waals surface area contributed by atoms with Crippen molar-refractivity contribution in [2.75, 3.05) is 6.61 Å². The normalized spacial score (nSPS) is 24.9. The second kappa shape index (κ2) is 5.23. The largest absolute Gasteiger partial charge is 0.466 e. The summed E-state index contributed by atoms with van der Waals surface area (Å²) in [7, 11) is 0. The Morgan fingerprint density at radius 1 is 1.14 bits per heavy atom. The molecule has 0 aromatic carbocycles. The number of hydrogen-bond donors (Lipinski definition) is 1. The first kappa shape index (κ1) is 11.3. The molecule has 14 heavy (non-hydrogen) atoms. The summed E-state index contributed by atoms with van der Waals surface area (Å²) in [6.07, 6.45) is 4.78. The molecule has 0 radical (unpaired) electrons. The number of nitrogens with one attached hydrogen (secondary N) is 1. The average Bonchev–Trinajstić information content (AvgIpc) is 2.81. The topological polar surface area (TPSA) is 36.1 Å². The molecule has 1 heterocycles. The van der Waals surface area contributed by atoms with Crippen LogP contribution in [0, 0.1) is 5.41 Å². The second-order valence-corrected chi connectivity index (χ2v) is 3.86. The molecule has 3 heteroatoms. The van der Waals surface area contributed by atoms with E-state index in [1.165, 1.54) is 25.7 Å². The minimum atomic E-state index is 0.379. The van der Waals surface area contributed by atoms with E-state index in [4.69, 9.17) is 10.1 Å². The van der Waals surface area contributed by atoms with Crippen LogP contribution in [0.4, 0.5) is 0 Å². The lowest BCUT2D eigenvalue weighted by Crippen LogP contribution is -2.17. The standard InChI is InChI=1S/C11H22N2O/c1-4-7-9-10(8-5-2)13(9)11(12)14-6-3/h9-10,12H,4-8H2,1-3H3. The Labute approximate surface area is 86.9 Å². The van der Waals surface area contributed by atoms with Crippen molar-refractivity contribution in [3.63, 3.8) is 0 Å². The lowest BCUT2D eigenvalue weighted by molar-refractivity contribution is 0.281. The van der Waals surface area contributed by atoms with Crippen LogP contribution in [0.1, 0.15) is 46.5 Å². The number of ether oxygens (including phenoxy) is 1. The van der Waals surface area contributed by atoms with Gasteiger partial charge in [0.05, 0.1) is 18.7 Å². The molecule has 82 valence electrons. The monoisotopic (exact) mass is 198 g/mol. The van der Waals surface area contributed by atoms with Gasteiger partial charge in [-0.05, 0) is 19.8 Å². The molecule has 1 fully saturated rings. The van der Waals surface area contributed by atoms with Crippen molar-refractivity contribution in [3.8, 4) is 0 Å². The third-order valence-electron chi connectivity index (χ3n) is 2.75. The zero-order chi connectivity index (χ0) is 10.6. The van der Waals surface area contributed by atoms with Gasteiger partial charge in [-0.25, -0.2) is 0 Å². The Hall–Kier alpha value is -0.730. The van der Waals surface area contributed by atoms with E-state index in [2.05, 4.69) is 18.7 Å². The van der Waals surface area contributed by atoms with Gasteiger partial charge in [-0.15, -0.1) is 0 Å². The minimum absolute atomic E-state index is 0.379. The van der Waals surface area contributed by atoms with Crippen LogP contribution in [-0.2, 0) is 4.74 Å². The quantitative estimate of drug-likeness (QED) is 0.419. The molecule has 1 saturated heterocycles. The van der Waals surface area contributed by atoms with Gasteiger partial charge < -0.3 is 9.64 Å². The lowest BCUT2D eigenvalue weighted by atomic mass is 10.1. The summed E-state index contributed by atoms with van der Waals surface area (Å²) >= 11 is 0. The molecule has 0 saturated carbocycles. The van der Waals surface area contributed by atoms with Crippen molar-refractivity contribution in [2.24, 2.45) is 0 Å². The van der Waals surface area contributed by atoms with Gasteiger partial charge in [-0.1, -0.05) is 26.7 Å². The van der Waals surface area contributed by atoms with E-state index >= 15 is 0 Å². The van der Waals surface area contributed by atoms with E-state index in [-0.39, 0.29) is 0 Å². The zero-order valence-electron chi connectivity index (χ0n) is 9.55. The van der Waals surface area contributed by atoms with Gasteiger partial charge in [-0.3, -0.25) is 5.41 Å². The molecule has 1 rings (SSSR count). The third-order valence-corrected chi connectivity index (χ3v) is 2.75. The smallest absolute Gasteiger partial charge is 0.285 e. The summed E-state index contributed by atoms with van der Waals surface area (Å²) in [4.78, 5) is 2.12. The van der Waals surface area contributed by atoms with Crippen LogP contribution in [0.5, 0.6) is 0 Å². The van der Waals surface area contributed by atoms with Crippen LogP contribution in [0.25, 0.3) is 0 Å². The Bertz CT molecular complexity index is 182. The van der Waals surface area contributed by atoms with Crippen molar-refractivity contribution in [1.29, 1.82) is 5.41 Å². The zero-order valence-corrected chi connectivity index (χ0v) is 9.55. The van der Waals surface area contributed by atoms with Crippen molar-refractivity contribution in [3.05, 3.63) is 0 Å². The van der Waals surface area contributed by atoms with Gasteiger partial charge in [0.15, 0.2) is 0 Å². The Morgan fingerprint density at radius 2 is 1.64 bits per heavy atom. The Kier molecular flexibility index (Phi) is 4.23. The number of amidine groups is 1. The number of hydrogen-bond acceptors (Lipinski definition) is 2. The van der Waals surface area contributed by atoms with Crippen LogP contribution in [0.15, 0.2) is 0 Å². The molecule has 1 N–H and O–H groups in total. The highest BCUT2D eigenvalue weighted by Crippen LogP contribution is 2.35. The summed E-state index contributed by atoms with van der Waals surface area (Å²) in [5, 5.41) is 7.73. The Morgan fingerprint density at radius 3 is 2.00 bits per heavy atom. The molecule has 0 spiro atoms. The van der Waals surface area contributed by atoms with Gasteiger partial charge in [0.25, 0.3) is 6.02 Å². The van der Waals surface area contributed by atoms with Gasteiger partial charge in [0.1, 0.15) is 0 Å². The fourth-order valence-electron chi connectivity index (χ4n) is 2.10. The minimum Gasteiger partial charge on any atom is -0.466 e. The fourth-order valence-corrected chi connectivity index (χ4v) is 2.10. The number of rotatable bonds is 5. The van der Waals surface area contributed by atoms with Crippen molar-refractivity contribution >= 4 is 6.02 Å². The molecule has 0 aromatic heterocycles. The second-order valence-electron chi connectivity index (χ2n) is 3.86. The van der Waals surface area contributed by atoms with Crippen molar-refractivity contribution in [1.82, 2.24) is 4.90 Å². The molecule has 0 aromatic rings. The molecule has 2 atom stereocenters. The van der Waals surface area contributed by atoms with Crippen LogP contribution < -0.4 is 0 Å². The maximum atomic E-state index is 7.73. The summed E-state index contributed by atoms with van der Waals surface area (Å²) in [5.74, 6) is 0. The average molecular weight is 198 g/mol. The van der Waals surface area contributed by atoms with Crippen molar-refractivity contribution in [2.45, 2.75) is 58.5 Å². The summed E-state index contributed by atoms with van der Waals surface area (Å²) in [6.45, 7) is 6.93. The van der Waals surface area contributed by atoms with E-state index in [1.807, 2.05) is 6.92 Å². The number of nitrogens with zero attached hydrogens (tertiary/aromatic N) is 1. The molecule has 0 bridgehead atoms. The first-order valence-corrected chi connectivity index (χ1v) is 5.75. The maximum Gasteiger partial charge on any atom is 0.285 e. The van der Waals surface area contributed by atoms with E-state index in [0.29, 0.717) is 24.7 Å². The molecular weight excluding hydrogens is 176 g/mol. The summed E-state index contributed by atoms with van der Waals surface area (Å²) in [5.41, 5.74) is 0. The van der Waals surface area contributed by atoms with Crippen LogP contribution in [0.2, 0.25) is 0 Å². The molecular formula is C11H22N2O. The summed E-state index contributed by atoms with van der Waals surface area (Å²) < 4.78 is 5.23. The highest BCUT2D eigenvalue weighted by atomic mass is 16.5. The highest BCUT2D eigenvalue weighted by molar-refractivity contribution is 5.74. The van der Waals surface area contributed by atoms with Gasteiger partial charge >= 0.3 is 0 Å². The lowest BCUT2D eigenvalue weighted by Gasteiger charge is -2.07. The predicted octanol–water partition coefficient (Wildman–Crippen LogP) is 2.61. The molecule has 0 aliphatic carbocycles. The molecule has 1 aliphatic heterocycles. The Balaban J connectivity index is 2.40. The van der Waals surface area contributed by atoms with Gasteiger partial charge in [0.2, 0.25) is 0 Å². The van der Waals surface area contributed by atoms with E-state index < -0.39 is 0 Å². The van der Waals surface area contributed by atoms with Crippen molar-refractivity contribution < 1.29 is 4.74 Å². The third kappa shape index (κ3) is 2.40. The van der Waals surface area contributed by atoms with E-state index in [1.54, 1.807) is 0 Å². The van der Waals surface area contributed by atoms with Gasteiger partial charge in [0, 0.05) is 0 Å². The molecule has 3 nitrogen and oxygen atoms in total. The highest BCUT2D eigenvalue weighted by Gasteiger charge is 2.48. The molecule has 2 unspecified atom stereocenters. The van der Waals surface area contributed by atoms with Gasteiger partial charge in [-0.2, -0.15) is 0 Å². The van der Waals surface area contributed by atoms with Crippen LogP contribution in [-0.4, -0.2) is 29.6 Å². The maximum absolute atomic E-state index is 7.73. The van der Waals surface area contributed by atoms with E-state index in [0.717, 1.165) is 0 Å². The first-order chi connectivity index (χ1) is 6.76. The predicted molar refractivity (Wildman–Crippen MR) is 58.6 cm³/mol. The molecule has 0 amide bonds.